The van der Waals surface area contributed by atoms with Gasteiger partial charge in [-0.1, -0.05) is 0 Å². The van der Waals surface area contributed by atoms with Gasteiger partial charge in [-0.25, -0.2) is 0 Å². The van der Waals surface area contributed by atoms with Crippen LogP contribution in [0, 0.1) is 5.92 Å². The van der Waals surface area contributed by atoms with Gasteiger partial charge in [0.2, 0.25) is 5.91 Å². The van der Waals surface area contributed by atoms with Crippen molar-refractivity contribution in [3.05, 3.63) is 24.2 Å². The summed E-state index contributed by atoms with van der Waals surface area (Å²) in [6.07, 6.45) is 6.72. The van der Waals surface area contributed by atoms with E-state index in [1.54, 1.807) is 6.07 Å². The molecule has 19 heavy (non-hydrogen) atoms. The normalized spacial score (nSPS) is 20.3. The molecule has 5 nitrogen and oxygen atoms in total. The highest BCUT2D eigenvalue weighted by molar-refractivity contribution is 5.93. The number of hydrogen-bond acceptors (Lipinski definition) is 3. The van der Waals surface area contributed by atoms with Gasteiger partial charge in [0.05, 0.1) is 11.8 Å². The molecule has 2 fully saturated rings. The highest BCUT2D eigenvalue weighted by atomic mass is 16.3. The summed E-state index contributed by atoms with van der Waals surface area (Å²) in [5.41, 5.74) is 0.598. The SMILES string of the molecule is O=C(NC1CCN(C(=O)c2ccoc2)CC1)C1CC1. The minimum Gasteiger partial charge on any atom is -0.472 e. The van der Waals surface area contributed by atoms with Crippen LogP contribution in [-0.4, -0.2) is 35.8 Å². The Balaban J connectivity index is 1.49. The first kappa shape index (κ1) is 12.3. The number of carbonyl (C=O) groups is 2. The van der Waals surface area contributed by atoms with E-state index in [1.807, 2.05) is 4.90 Å². The topological polar surface area (TPSA) is 62.6 Å². The Kier molecular flexibility index (Phi) is 3.27. The van der Waals surface area contributed by atoms with Gasteiger partial charge in [0, 0.05) is 25.0 Å². The van der Waals surface area contributed by atoms with Gasteiger partial charge in [0.1, 0.15) is 6.26 Å². The molecule has 1 aliphatic carbocycles. The van der Waals surface area contributed by atoms with E-state index < -0.39 is 0 Å². The van der Waals surface area contributed by atoms with E-state index in [0.717, 1.165) is 25.7 Å². The standard InChI is InChI=1S/C14H18N2O3/c17-13(10-1-2-10)15-12-3-6-16(7-4-12)14(18)11-5-8-19-9-11/h5,8-10,12H,1-4,6-7H2,(H,15,17). The van der Waals surface area contributed by atoms with Crippen LogP contribution in [0.4, 0.5) is 0 Å². The lowest BCUT2D eigenvalue weighted by atomic mass is 10.0. The van der Waals surface area contributed by atoms with E-state index in [0.29, 0.717) is 18.7 Å². The van der Waals surface area contributed by atoms with Crippen molar-refractivity contribution < 1.29 is 14.0 Å². The summed E-state index contributed by atoms with van der Waals surface area (Å²) in [5, 5.41) is 3.08. The molecule has 0 spiro atoms. The van der Waals surface area contributed by atoms with Crippen LogP contribution in [0.1, 0.15) is 36.0 Å². The lowest BCUT2D eigenvalue weighted by Gasteiger charge is -2.32. The molecule has 1 aromatic rings. The monoisotopic (exact) mass is 262 g/mol. The van der Waals surface area contributed by atoms with Crippen molar-refractivity contribution in [3.8, 4) is 0 Å². The number of hydrogen-bond donors (Lipinski definition) is 1. The summed E-state index contributed by atoms with van der Waals surface area (Å²) in [6, 6.07) is 1.91. The zero-order valence-electron chi connectivity index (χ0n) is 10.8. The summed E-state index contributed by atoms with van der Waals surface area (Å²) in [7, 11) is 0. The van der Waals surface area contributed by atoms with Crippen LogP contribution < -0.4 is 5.32 Å². The third-order valence-corrected chi connectivity index (χ3v) is 3.84. The predicted octanol–water partition coefficient (Wildman–Crippen LogP) is 1.41. The molecule has 1 saturated carbocycles. The van der Waals surface area contributed by atoms with Gasteiger partial charge in [-0.3, -0.25) is 9.59 Å². The molecular formula is C14H18N2O3. The average molecular weight is 262 g/mol. The fraction of sp³-hybridized carbons (Fsp3) is 0.571. The van der Waals surface area contributed by atoms with Gasteiger partial charge in [-0.05, 0) is 31.7 Å². The predicted molar refractivity (Wildman–Crippen MR) is 68.5 cm³/mol. The lowest BCUT2D eigenvalue weighted by molar-refractivity contribution is -0.123. The van der Waals surface area contributed by atoms with Crippen molar-refractivity contribution in [2.45, 2.75) is 31.7 Å². The second kappa shape index (κ2) is 5.07. The summed E-state index contributed by atoms with van der Waals surface area (Å²) >= 11 is 0. The first-order valence-electron chi connectivity index (χ1n) is 6.86. The Bertz CT molecular complexity index is 457. The van der Waals surface area contributed by atoms with Crippen molar-refractivity contribution in [2.24, 2.45) is 5.92 Å². The lowest BCUT2D eigenvalue weighted by Crippen LogP contribution is -2.46. The van der Waals surface area contributed by atoms with Gasteiger partial charge in [0.25, 0.3) is 5.91 Å². The van der Waals surface area contributed by atoms with Gasteiger partial charge >= 0.3 is 0 Å². The van der Waals surface area contributed by atoms with E-state index in [1.165, 1.54) is 12.5 Å². The number of nitrogens with zero attached hydrogens (tertiary/aromatic N) is 1. The van der Waals surface area contributed by atoms with Crippen LogP contribution in [0.15, 0.2) is 23.0 Å². The Hall–Kier alpha value is -1.78. The van der Waals surface area contributed by atoms with E-state index in [-0.39, 0.29) is 23.8 Å². The van der Waals surface area contributed by atoms with Crippen molar-refractivity contribution >= 4 is 11.8 Å². The van der Waals surface area contributed by atoms with E-state index >= 15 is 0 Å². The Morgan fingerprint density at radius 3 is 2.53 bits per heavy atom. The number of amides is 2. The Morgan fingerprint density at radius 2 is 1.95 bits per heavy atom. The molecule has 0 bridgehead atoms. The molecule has 2 aliphatic rings. The second-order valence-corrected chi connectivity index (χ2v) is 5.36. The molecule has 102 valence electrons. The van der Waals surface area contributed by atoms with Gasteiger partial charge < -0.3 is 14.6 Å². The van der Waals surface area contributed by atoms with Crippen LogP contribution in [0.25, 0.3) is 0 Å². The molecule has 1 aliphatic heterocycles. The molecule has 5 heteroatoms. The Labute approximate surface area is 111 Å². The molecule has 0 atom stereocenters. The highest BCUT2D eigenvalue weighted by Gasteiger charge is 2.32. The van der Waals surface area contributed by atoms with Crippen LogP contribution in [0.3, 0.4) is 0 Å². The van der Waals surface area contributed by atoms with Gasteiger partial charge in [0.15, 0.2) is 0 Å². The van der Waals surface area contributed by atoms with Crippen molar-refractivity contribution in [2.75, 3.05) is 13.1 Å². The van der Waals surface area contributed by atoms with E-state index in [4.69, 9.17) is 4.42 Å². The summed E-state index contributed by atoms with van der Waals surface area (Å²) in [4.78, 5) is 25.6. The molecule has 1 aromatic heterocycles. The Morgan fingerprint density at radius 1 is 1.21 bits per heavy atom. The maximum absolute atomic E-state index is 12.1. The van der Waals surface area contributed by atoms with Crippen LogP contribution >= 0.6 is 0 Å². The maximum atomic E-state index is 12.1. The largest absolute Gasteiger partial charge is 0.472 e. The molecule has 0 unspecified atom stereocenters. The molecule has 1 saturated heterocycles. The third-order valence-electron chi connectivity index (χ3n) is 3.84. The minimum atomic E-state index is 0.0146. The molecule has 1 N–H and O–H groups in total. The zero-order valence-corrected chi connectivity index (χ0v) is 10.8. The second-order valence-electron chi connectivity index (χ2n) is 5.36. The van der Waals surface area contributed by atoms with Gasteiger partial charge in [-0.2, -0.15) is 0 Å². The molecule has 2 amide bonds. The van der Waals surface area contributed by atoms with Crippen LogP contribution in [-0.2, 0) is 4.79 Å². The van der Waals surface area contributed by atoms with Crippen molar-refractivity contribution in [3.63, 3.8) is 0 Å². The number of rotatable bonds is 3. The maximum Gasteiger partial charge on any atom is 0.257 e. The molecule has 2 heterocycles. The first-order chi connectivity index (χ1) is 9.24. The molecular weight excluding hydrogens is 244 g/mol. The molecule has 3 rings (SSSR count). The quantitative estimate of drug-likeness (QED) is 0.896. The zero-order chi connectivity index (χ0) is 13.2. The third kappa shape index (κ3) is 2.80. The summed E-state index contributed by atoms with van der Waals surface area (Å²) < 4.78 is 4.93. The van der Waals surface area contributed by atoms with Crippen LogP contribution in [0.2, 0.25) is 0 Å². The average Bonchev–Trinajstić information content (AvgIpc) is 3.14. The number of likely N-dealkylation sites (tertiary alicyclic amines) is 1. The van der Waals surface area contributed by atoms with Crippen molar-refractivity contribution in [1.82, 2.24) is 10.2 Å². The highest BCUT2D eigenvalue weighted by Crippen LogP contribution is 2.29. The smallest absolute Gasteiger partial charge is 0.257 e. The van der Waals surface area contributed by atoms with E-state index in [2.05, 4.69) is 5.32 Å². The number of piperidine rings is 1. The minimum absolute atomic E-state index is 0.0146. The molecule has 0 radical (unpaired) electrons. The van der Waals surface area contributed by atoms with Crippen molar-refractivity contribution in [1.29, 1.82) is 0 Å². The number of nitrogens with one attached hydrogen (secondary N) is 1. The fourth-order valence-corrected chi connectivity index (χ4v) is 2.46. The van der Waals surface area contributed by atoms with E-state index in [9.17, 15) is 9.59 Å². The summed E-state index contributed by atoms with van der Waals surface area (Å²) in [5.74, 6) is 0.464. The van der Waals surface area contributed by atoms with Crippen LogP contribution in [0.5, 0.6) is 0 Å². The van der Waals surface area contributed by atoms with Gasteiger partial charge in [-0.15, -0.1) is 0 Å². The fourth-order valence-electron chi connectivity index (χ4n) is 2.46. The number of carbonyl (C=O) groups excluding carboxylic acids is 2. The first-order valence-corrected chi connectivity index (χ1v) is 6.86. The summed E-state index contributed by atoms with van der Waals surface area (Å²) in [6.45, 7) is 1.39. The number of furan rings is 1. The molecule has 0 aromatic carbocycles.